The molecule has 138 valence electrons. The first-order valence-corrected chi connectivity index (χ1v) is 9.18. The monoisotopic (exact) mass is 341 g/mol. The average molecular weight is 342 g/mol. The maximum absolute atomic E-state index is 6.45. The molecule has 2 rings (SSSR count). The average Bonchev–Trinajstić information content (AvgIpc) is 2.65. The summed E-state index contributed by atoms with van der Waals surface area (Å²) >= 11 is 0. The Kier molecular flexibility index (Phi) is 11.1. The van der Waals surface area contributed by atoms with Crippen LogP contribution in [0.3, 0.4) is 0 Å². The Morgan fingerprint density at radius 1 is 0.880 bits per heavy atom. The third-order valence-electron chi connectivity index (χ3n) is 3.70. The van der Waals surface area contributed by atoms with Gasteiger partial charge in [-0.3, -0.25) is 0 Å². The highest BCUT2D eigenvalue weighted by Crippen LogP contribution is 2.28. The van der Waals surface area contributed by atoms with Crippen molar-refractivity contribution < 1.29 is 0 Å². The van der Waals surface area contributed by atoms with Gasteiger partial charge in [0.2, 0.25) is 0 Å². The van der Waals surface area contributed by atoms with Crippen molar-refractivity contribution in [1.82, 2.24) is 5.01 Å². The third kappa shape index (κ3) is 5.95. The van der Waals surface area contributed by atoms with Crippen LogP contribution < -0.4 is 11.6 Å². The summed E-state index contributed by atoms with van der Waals surface area (Å²) in [6, 6.07) is 16.3. The maximum Gasteiger partial charge on any atom is 0.0825 e. The van der Waals surface area contributed by atoms with Crippen molar-refractivity contribution in [2.45, 2.75) is 48.0 Å². The van der Waals surface area contributed by atoms with Crippen molar-refractivity contribution >= 4 is 11.4 Å². The lowest BCUT2D eigenvalue weighted by molar-refractivity contribution is 0.511. The highest BCUT2D eigenvalue weighted by molar-refractivity contribution is 5.89. The lowest BCUT2D eigenvalue weighted by atomic mass is 9.97. The normalized spacial score (nSPS) is 10.6. The van der Waals surface area contributed by atoms with Crippen LogP contribution in [0.1, 0.15) is 56.9 Å². The third-order valence-corrected chi connectivity index (χ3v) is 3.70. The SMILES string of the molecule is CC.CC.CCc1ccccc1/C(=C(/N)c1ccccc1C)N(C)N. The first-order valence-electron chi connectivity index (χ1n) is 9.18. The molecule has 0 aromatic heterocycles. The van der Waals surface area contributed by atoms with Crippen LogP contribution in [0.15, 0.2) is 48.5 Å². The zero-order valence-electron chi connectivity index (χ0n) is 16.9. The van der Waals surface area contributed by atoms with E-state index in [0.29, 0.717) is 5.70 Å². The summed E-state index contributed by atoms with van der Waals surface area (Å²) < 4.78 is 0. The minimum atomic E-state index is 0.707. The topological polar surface area (TPSA) is 55.3 Å². The Hall–Kier alpha value is -2.26. The van der Waals surface area contributed by atoms with Gasteiger partial charge in [-0.25, -0.2) is 5.84 Å². The van der Waals surface area contributed by atoms with Crippen molar-refractivity contribution in [3.63, 3.8) is 0 Å². The molecule has 0 unspecified atom stereocenters. The number of hydrogen-bond acceptors (Lipinski definition) is 3. The van der Waals surface area contributed by atoms with Crippen LogP contribution in [0.5, 0.6) is 0 Å². The van der Waals surface area contributed by atoms with Crippen LogP contribution in [0.4, 0.5) is 0 Å². The molecule has 0 atom stereocenters. The van der Waals surface area contributed by atoms with Crippen LogP contribution in [0.2, 0.25) is 0 Å². The molecule has 0 aliphatic carbocycles. The second kappa shape index (κ2) is 12.2. The Morgan fingerprint density at radius 2 is 1.36 bits per heavy atom. The fourth-order valence-electron chi connectivity index (χ4n) is 2.59. The molecule has 2 aromatic carbocycles. The molecule has 3 heteroatoms. The van der Waals surface area contributed by atoms with Crippen molar-refractivity contribution in [3.05, 3.63) is 70.8 Å². The number of hydrogen-bond donors (Lipinski definition) is 2. The molecule has 4 N–H and O–H groups in total. The van der Waals surface area contributed by atoms with E-state index in [1.165, 1.54) is 5.56 Å². The fraction of sp³-hybridized carbons (Fsp3) is 0.364. The predicted molar refractivity (Wildman–Crippen MR) is 113 cm³/mol. The van der Waals surface area contributed by atoms with Crippen molar-refractivity contribution in [1.29, 1.82) is 0 Å². The Balaban J connectivity index is 0.00000134. The van der Waals surface area contributed by atoms with Gasteiger partial charge in [-0.15, -0.1) is 0 Å². The Labute approximate surface area is 154 Å². The number of rotatable bonds is 4. The smallest absolute Gasteiger partial charge is 0.0825 e. The number of hydrazine groups is 1. The van der Waals surface area contributed by atoms with Crippen LogP contribution in [-0.4, -0.2) is 12.1 Å². The second-order valence-electron chi connectivity index (χ2n) is 5.20. The van der Waals surface area contributed by atoms with Gasteiger partial charge in [0.15, 0.2) is 0 Å². The highest BCUT2D eigenvalue weighted by Gasteiger charge is 2.15. The van der Waals surface area contributed by atoms with Gasteiger partial charge < -0.3 is 10.7 Å². The molecule has 0 aliphatic heterocycles. The first kappa shape index (κ1) is 22.7. The number of nitrogens with two attached hydrogens (primary N) is 2. The molecule has 0 aliphatic rings. The van der Waals surface area contributed by atoms with E-state index >= 15 is 0 Å². The van der Waals surface area contributed by atoms with E-state index < -0.39 is 0 Å². The molecule has 0 saturated carbocycles. The van der Waals surface area contributed by atoms with Crippen LogP contribution in [0, 0.1) is 6.92 Å². The Bertz CT molecular complexity index is 658. The van der Waals surface area contributed by atoms with E-state index in [2.05, 4.69) is 32.0 Å². The molecule has 0 amide bonds. The van der Waals surface area contributed by atoms with Gasteiger partial charge in [-0.05, 0) is 24.5 Å². The molecule has 25 heavy (non-hydrogen) atoms. The van der Waals surface area contributed by atoms with Crippen molar-refractivity contribution in [2.75, 3.05) is 7.05 Å². The van der Waals surface area contributed by atoms with Gasteiger partial charge in [0.05, 0.1) is 11.4 Å². The van der Waals surface area contributed by atoms with E-state index in [-0.39, 0.29) is 0 Å². The van der Waals surface area contributed by atoms with Gasteiger partial charge in [-0.1, -0.05) is 83.1 Å². The standard InChI is InChI=1S/C18H23N3.2C2H6/c1-4-14-10-6-8-12-16(14)18(21(3)20)17(19)15-11-7-5-9-13(15)2;2*1-2/h5-12H,4,19-20H2,1-3H3;2*1-2H3/b18-17-;;. The van der Waals surface area contributed by atoms with Gasteiger partial charge in [0, 0.05) is 18.2 Å². The summed E-state index contributed by atoms with van der Waals surface area (Å²) in [5, 5.41) is 1.61. The summed E-state index contributed by atoms with van der Waals surface area (Å²) in [7, 11) is 1.83. The molecule has 0 spiro atoms. The van der Waals surface area contributed by atoms with Gasteiger partial charge in [0.1, 0.15) is 0 Å². The van der Waals surface area contributed by atoms with Crippen LogP contribution in [-0.2, 0) is 6.42 Å². The largest absolute Gasteiger partial charge is 0.396 e. The molecule has 0 bridgehead atoms. The molecule has 0 radical (unpaired) electrons. The summed E-state index contributed by atoms with van der Waals surface area (Å²) in [6.07, 6.45) is 0.939. The van der Waals surface area contributed by atoms with Gasteiger partial charge in [-0.2, -0.15) is 0 Å². The number of aryl methyl sites for hydroxylation is 2. The summed E-state index contributed by atoms with van der Waals surface area (Å²) in [4.78, 5) is 0. The van der Waals surface area contributed by atoms with Gasteiger partial charge >= 0.3 is 0 Å². The summed E-state index contributed by atoms with van der Waals surface area (Å²) in [5.41, 5.74) is 12.5. The summed E-state index contributed by atoms with van der Waals surface area (Å²) in [6.45, 7) is 12.2. The van der Waals surface area contributed by atoms with E-state index in [9.17, 15) is 0 Å². The lowest BCUT2D eigenvalue weighted by Gasteiger charge is -2.23. The quantitative estimate of drug-likeness (QED) is 0.456. The Morgan fingerprint density at radius 3 is 1.84 bits per heavy atom. The van der Waals surface area contributed by atoms with Crippen LogP contribution in [0.25, 0.3) is 11.4 Å². The second-order valence-corrected chi connectivity index (χ2v) is 5.20. The van der Waals surface area contributed by atoms with E-state index in [0.717, 1.165) is 28.8 Å². The summed E-state index contributed by atoms with van der Waals surface area (Å²) in [5.74, 6) is 6.08. The zero-order valence-corrected chi connectivity index (χ0v) is 16.9. The maximum atomic E-state index is 6.45. The fourth-order valence-corrected chi connectivity index (χ4v) is 2.59. The molecule has 3 nitrogen and oxygen atoms in total. The van der Waals surface area contributed by atoms with E-state index in [1.54, 1.807) is 5.01 Å². The van der Waals surface area contributed by atoms with Crippen LogP contribution >= 0.6 is 0 Å². The van der Waals surface area contributed by atoms with Gasteiger partial charge in [0.25, 0.3) is 0 Å². The van der Waals surface area contributed by atoms with Crippen molar-refractivity contribution in [2.24, 2.45) is 11.6 Å². The predicted octanol–water partition coefficient (Wildman–Crippen LogP) is 5.20. The number of benzene rings is 2. The van der Waals surface area contributed by atoms with E-state index in [1.807, 2.05) is 65.1 Å². The minimum absolute atomic E-state index is 0.707. The molecule has 2 aromatic rings. The van der Waals surface area contributed by atoms with E-state index in [4.69, 9.17) is 11.6 Å². The molecular formula is C22H35N3. The zero-order chi connectivity index (χ0) is 19.4. The first-order chi connectivity index (χ1) is 12.1. The molecule has 0 fully saturated rings. The minimum Gasteiger partial charge on any atom is -0.396 e. The molecule has 0 saturated heterocycles. The number of nitrogens with zero attached hydrogens (tertiary/aromatic N) is 1. The molecular weight excluding hydrogens is 306 g/mol. The highest BCUT2D eigenvalue weighted by atomic mass is 15.4. The lowest BCUT2D eigenvalue weighted by Crippen LogP contribution is -2.27. The molecule has 0 heterocycles. The van der Waals surface area contributed by atoms with Crippen molar-refractivity contribution in [3.8, 4) is 0 Å².